The first-order chi connectivity index (χ1) is 19.9. The quantitative estimate of drug-likeness (QED) is 0.0264. The van der Waals surface area contributed by atoms with Crippen LogP contribution in [-0.2, 0) is 32.7 Å². The summed E-state index contributed by atoms with van der Waals surface area (Å²) in [5, 5.41) is 0. The highest BCUT2D eigenvalue weighted by molar-refractivity contribution is 7.45. The largest absolute Gasteiger partial charge is 0.756 e. The van der Waals surface area contributed by atoms with Crippen LogP contribution in [0.4, 0.5) is 0 Å². The predicted molar refractivity (Wildman–Crippen MR) is 167 cm³/mol. The maximum atomic E-state index is 12.1. The van der Waals surface area contributed by atoms with Crippen LogP contribution in [0.25, 0.3) is 0 Å². The van der Waals surface area contributed by atoms with Crippen LogP contribution in [0, 0.1) is 0 Å². The van der Waals surface area contributed by atoms with Crippen LogP contribution >= 0.6 is 7.82 Å². The molecule has 0 saturated carbocycles. The molecular formula is C32H64NO8P. The Morgan fingerprint density at radius 1 is 0.690 bits per heavy atom. The van der Waals surface area contributed by atoms with E-state index in [-0.39, 0.29) is 25.4 Å². The number of hydrogen-bond acceptors (Lipinski definition) is 8. The second-order valence-corrected chi connectivity index (χ2v) is 14.1. The van der Waals surface area contributed by atoms with Gasteiger partial charge in [0.15, 0.2) is 0 Å². The van der Waals surface area contributed by atoms with Crippen molar-refractivity contribution in [3.63, 3.8) is 0 Å². The lowest BCUT2D eigenvalue weighted by molar-refractivity contribution is -0.870. The molecule has 0 aliphatic rings. The summed E-state index contributed by atoms with van der Waals surface area (Å²) in [7, 11) is 1.66. The van der Waals surface area contributed by atoms with E-state index < -0.39 is 26.5 Å². The first kappa shape index (κ1) is 41.2. The number of unbranched alkanes of at least 4 members (excludes halogenated alkanes) is 16. The van der Waals surface area contributed by atoms with Gasteiger partial charge in [0.1, 0.15) is 18.3 Å². The number of phosphoric ester groups is 1. The zero-order valence-electron chi connectivity index (χ0n) is 27.7. The van der Waals surface area contributed by atoms with Gasteiger partial charge in [0.2, 0.25) is 0 Å². The average Bonchev–Trinajstić information content (AvgIpc) is 2.89. The maximum Gasteiger partial charge on any atom is 0.313 e. The van der Waals surface area contributed by atoms with Gasteiger partial charge in [-0.3, -0.25) is 14.2 Å². The predicted octanol–water partition coefficient (Wildman–Crippen LogP) is 7.14. The molecule has 0 N–H and O–H groups in total. The number of ether oxygens (including phenoxy) is 2. The van der Waals surface area contributed by atoms with Crippen LogP contribution in [0.5, 0.6) is 0 Å². The second kappa shape index (κ2) is 26.6. The van der Waals surface area contributed by atoms with Gasteiger partial charge in [-0.2, -0.15) is 0 Å². The molecule has 0 aromatic heterocycles. The molecule has 9 nitrogen and oxygen atoms in total. The summed E-state index contributed by atoms with van der Waals surface area (Å²) in [6, 6.07) is 0. The minimum atomic E-state index is -4.55. The Balaban J connectivity index is 4.01. The van der Waals surface area contributed by atoms with Crippen molar-refractivity contribution in [3.8, 4) is 0 Å². The van der Waals surface area contributed by atoms with Crippen LogP contribution < -0.4 is 4.89 Å². The summed E-state index contributed by atoms with van der Waals surface area (Å²) in [6.45, 7) is 4.55. The normalized spacial score (nSPS) is 14.0. The van der Waals surface area contributed by atoms with Crippen molar-refractivity contribution in [1.29, 1.82) is 0 Å². The highest BCUT2D eigenvalue weighted by atomic mass is 31.2. The van der Waals surface area contributed by atoms with Gasteiger partial charge in [0.05, 0.1) is 47.5 Å². The van der Waals surface area contributed by atoms with E-state index in [1.807, 2.05) is 0 Å². The molecule has 250 valence electrons. The average molecular weight is 622 g/mol. The van der Waals surface area contributed by atoms with Crippen molar-refractivity contribution in [2.45, 2.75) is 142 Å². The third-order valence-corrected chi connectivity index (χ3v) is 7.99. The number of carbonyl (C=O) groups excluding carboxylic acids is 2. The van der Waals surface area contributed by atoms with E-state index in [1.54, 1.807) is 0 Å². The lowest BCUT2D eigenvalue weighted by Crippen LogP contribution is -2.35. The van der Waals surface area contributed by atoms with Gasteiger partial charge >= 0.3 is 5.97 Å². The number of hydrogen-bond donors (Lipinski definition) is 0. The maximum absolute atomic E-state index is 12.1. The van der Waals surface area contributed by atoms with Crippen molar-refractivity contribution < 1.29 is 42.1 Å². The number of phosphoric acid groups is 1. The molecule has 2 atom stereocenters. The van der Waals surface area contributed by atoms with Crippen LogP contribution in [-0.4, -0.2) is 76.5 Å². The second-order valence-electron chi connectivity index (χ2n) is 12.7. The monoisotopic (exact) mass is 621 g/mol. The van der Waals surface area contributed by atoms with Crippen molar-refractivity contribution >= 4 is 19.6 Å². The molecule has 0 radical (unpaired) electrons. The van der Waals surface area contributed by atoms with Crippen molar-refractivity contribution in [2.24, 2.45) is 0 Å². The summed E-state index contributed by atoms with van der Waals surface area (Å²) >= 11 is 0. The van der Waals surface area contributed by atoms with Gasteiger partial charge in [-0.25, -0.2) is 0 Å². The Hall–Kier alpha value is -0.830. The van der Waals surface area contributed by atoms with Crippen molar-refractivity contribution in [3.05, 3.63) is 0 Å². The fourth-order valence-corrected chi connectivity index (χ4v) is 5.37. The summed E-state index contributed by atoms with van der Waals surface area (Å²) in [5.74, 6) is -1.07. The summed E-state index contributed by atoms with van der Waals surface area (Å²) in [6.07, 6.45) is 20.7. The number of quaternary nitrogens is 1. The zero-order valence-corrected chi connectivity index (χ0v) is 28.6. The van der Waals surface area contributed by atoms with Crippen molar-refractivity contribution in [2.75, 3.05) is 54.1 Å². The molecule has 0 aliphatic heterocycles. The highest BCUT2D eigenvalue weighted by Crippen LogP contribution is 2.38. The third kappa shape index (κ3) is 30.6. The molecule has 0 rings (SSSR count). The molecule has 0 spiro atoms. The minimum Gasteiger partial charge on any atom is -0.756 e. The van der Waals surface area contributed by atoms with E-state index >= 15 is 0 Å². The SMILES string of the molecule is CCCCCCCCCCCCCCCCCCOCC(COP(=O)([O-])OCCCC[N+](C)(C)C)OC(=O)CC(C)=O. The smallest absolute Gasteiger partial charge is 0.313 e. The number of carbonyl (C=O) groups is 2. The Labute approximate surface area is 257 Å². The van der Waals surface area contributed by atoms with Gasteiger partial charge in [-0.15, -0.1) is 0 Å². The van der Waals surface area contributed by atoms with Gasteiger partial charge in [0, 0.05) is 6.61 Å². The fraction of sp³-hybridized carbons (Fsp3) is 0.938. The molecule has 0 amide bonds. The molecule has 10 heteroatoms. The van der Waals surface area contributed by atoms with E-state index in [2.05, 4.69) is 28.1 Å². The Kier molecular flexibility index (Phi) is 26.0. The topological polar surface area (TPSA) is 111 Å². The first-order valence-electron chi connectivity index (χ1n) is 16.6. The van der Waals surface area contributed by atoms with Gasteiger partial charge < -0.3 is 27.9 Å². The summed E-state index contributed by atoms with van der Waals surface area (Å²) in [5.41, 5.74) is 0. The Bertz CT molecular complexity index is 713. The van der Waals surface area contributed by atoms with Gasteiger partial charge in [-0.05, 0) is 26.2 Å². The minimum absolute atomic E-state index is 0.00805. The van der Waals surface area contributed by atoms with E-state index in [4.69, 9.17) is 18.5 Å². The highest BCUT2D eigenvalue weighted by Gasteiger charge is 2.20. The number of nitrogens with zero attached hydrogens (tertiary/aromatic N) is 1. The fourth-order valence-electron chi connectivity index (χ4n) is 4.59. The molecule has 0 aromatic carbocycles. The van der Waals surface area contributed by atoms with Crippen LogP contribution in [0.3, 0.4) is 0 Å². The molecule has 0 bridgehead atoms. The van der Waals surface area contributed by atoms with Crippen LogP contribution in [0.15, 0.2) is 0 Å². The van der Waals surface area contributed by atoms with Crippen LogP contribution in [0.2, 0.25) is 0 Å². The first-order valence-corrected chi connectivity index (χ1v) is 18.1. The molecule has 0 saturated heterocycles. The molecular weight excluding hydrogens is 557 g/mol. The number of Topliss-reactive ketones (excluding diaryl/α,β-unsaturated/α-hetero) is 1. The van der Waals surface area contributed by atoms with Crippen LogP contribution in [0.1, 0.15) is 136 Å². The molecule has 2 unspecified atom stereocenters. The lowest BCUT2D eigenvalue weighted by atomic mass is 10.0. The number of esters is 1. The zero-order chi connectivity index (χ0) is 31.5. The number of rotatable bonds is 31. The molecule has 0 fully saturated rings. The van der Waals surface area contributed by atoms with Gasteiger partial charge in [0.25, 0.3) is 7.82 Å². The van der Waals surface area contributed by atoms with E-state index in [1.165, 1.54) is 90.4 Å². The van der Waals surface area contributed by atoms with E-state index in [9.17, 15) is 19.0 Å². The van der Waals surface area contributed by atoms with Gasteiger partial charge in [-0.1, -0.05) is 103 Å². The third-order valence-electron chi connectivity index (χ3n) is 7.03. The number of ketones is 1. The van der Waals surface area contributed by atoms with E-state index in [0.717, 1.165) is 36.7 Å². The Morgan fingerprint density at radius 3 is 1.64 bits per heavy atom. The Morgan fingerprint density at radius 2 is 1.17 bits per heavy atom. The lowest BCUT2D eigenvalue weighted by Gasteiger charge is -2.26. The summed E-state index contributed by atoms with van der Waals surface area (Å²) < 4.78 is 33.7. The summed E-state index contributed by atoms with van der Waals surface area (Å²) in [4.78, 5) is 35.4. The molecule has 0 aliphatic carbocycles. The van der Waals surface area contributed by atoms with Crippen molar-refractivity contribution in [1.82, 2.24) is 0 Å². The standard InChI is InChI=1S/C32H64NO8P/c1-6-7-8-9-10-11-12-13-14-15-16-17-18-19-20-22-25-38-28-31(41-32(35)27-30(2)34)29-40-42(36,37)39-26-23-21-24-33(3,4)5/h31H,6-29H2,1-5H3. The van der Waals surface area contributed by atoms with E-state index in [0.29, 0.717) is 13.0 Å². The molecule has 0 aromatic rings. The molecule has 0 heterocycles. The molecule has 42 heavy (non-hydrogen) atoms.